The number of hydrogen-bond donors (Lipinski definition) is 2. The first-order chi connectivity index (χ1) is 8.26. The molecule has 0 bridgehead atoms. The summed E-state index contributed by atoms with van der Waals surface area (Å²) in [7, 11) is 0. The third kappa shape index (κ3) is 5.75. The Balaban J connectivity index is 2.34. The van der Waals surface area contributed by atoms with Crippen molar-refractivity contribution in [2.24, 2.45) is 0 Å². The Morgan fingerprint density at radius 1 is 1.24 bits per heavy atom. The van der Waals surface area contributed by atoms with E-state index in [-0.39, 0.29) is 5.91 Å². The molecule has 3 nitrogen and oxygen atoms in total. The highest BCUT2D eigenvalue weighted by molar-refractivity contribution is 7.99. The van der Waals surface area contributed by atoms with Crippen LogP contribution in [-0.4, -0.2) is 24.7 Å². The van der Waals surface area contributed by atoms with Crippen LogP contribution in [0, 0.1) is 0 Å². The highest BCUT2D eigenvalue weighted by Gasteiger charge is 2.00. The van der Waals surface area contributed by atoms with E-state index in [4.69, 9.17) is 0 Å². The van der Waals surface area contributed by atoms with Gasteiger partial charge in [-0.15, -0.1) is 11.8 Å². The van der Waals surface area contributed by atoms with Gasteiger partial charge in [0.1, 0.15) is 0 Å². The largest absolute Gasteiger partial charge is 0.351 e. The van der Waals surface area contributed by atoms with Crippen molar-refractivity contribution in [2.75, 3.05) is 18.8 Å². The lowest BCUT2D eigenvalue weighted by Crippen LogP contribution is -2.33. The summed E-state index contributed by atoms with van der Waals surface area (Å²) in [6.07, 6.45) is 0. The van der Waals surface area contributed by atoms with Crippen LogP contribution >= 0.6 is 11.8 Å². The van der Waals surface area contributed by atoms with Gasteiger partial charge in [0.15, 0.2) is 0 Å². The molecule has 17 heavy (non-hydrogen) atoms. The fraction of sp³-hybridized carbons (Fsp3) is 0.462. The Morgan fingerprint density at radius 3 is 2.53 bits per heavy atom. The molecule has 4 heteroatoms. The number of thioether (sulfide) groups is 1. The summed E-state index contributed by atoms with van der Waals surface area (Å²) in [4.78, 5) is 12.6. The summed E-state index contributed by atoms with van der Waals surface area (Å²) in [5.41, 5.74) is 1.13. The minimum Gasteiger partial charge on any atom is -0.351 e. The summed E-state index contributed by atoms with van der Waals surface area (Å²) >= 11 is 1.82. The van der Waals surface area contributed by atoms with Crippen molar-refractivity contribution in [3.63, 3.8) is 0 Å². The summed E-state index contributed by atoms with van der Waals surface area (Å²) in [6.45, 7) is 5.93. The topological polar surface area (TPSA) is 41.1 Å². The predicted octanol–water partition coefficient (Wildman–Crippen LogP) is 2.02. The molecule has 1 aromatic rings. The second-order valence-corrected chi connectivity index (χ2v) is 4.97. The maximum Gasteiger partial charge on any atom is 0.234 e. The maximum absolute atomic E-state index is 11.4. The second-order valence-electron chi connectivity index (χ2n) is 3.63. The van der Waals surface area contributed by atoms with E-state index in [9.17, 15) is 4.79 Å². The van der Waals surface area contributed by atoms with Crippen molar-refractivity contribution >= 4 is 17.7 Å². The molecular formula is C13H20N2OS. The van der Waals surface area contributed by atoms with Gasteiger partial charge in [-0.05, 0) is 30.0 Å². The zero-order valence-electron chi connectivity index (χ0n) is 10.5. The van der Waals surface area contributed by atoms with Gasteiger partial charge in [0, 0.05) is 11.4 Å². The smallest absolute Gasteiger partial charge is 0.234 e. The molecule has 1 aromatic carbocycles. The van der Waals surface area contributed by atoms with Crippen LogP contribution in [0.25, 0.3) is 0 Å². The molecule has 0 heterocycles. The summed E-state index contributed by atoms with van der Waals surface area (Å²) < 4.78 is 0. The van der Waals surface area contributed by atoms with Crippen LogP contribution in [0.3, 0.4) is 0 Å². The Hall–Kier alpha value is -1.00. The molecule has 0 aliphatic carbocycles. The van der Waals surface area contributed by atoms with Gasteiger partial charge in [0.05, 0.1) is 6.54 Å². The normalized spacial score (nSPS) is 10.2. The summed E-state index contributed by atoms with van der Waals surface area (Å²) in [6, 6.07) is 8.32. The average molecular weight is 252 g/mol. The number of nitrogens with one attached hydrogen (secondary N) is 2. The van der Waals surface area contributed by atoms with Gasteiger partial charge in [-0.2, -0.15) is 0 Å². The highest BCUT2D eigenvalue weighted by Crippen LogP contribution is 2.17. The number of carbonyl (C=O) groups is 1. The van der Waals surface area contributed by atoms with E-state index in [0.717, 1.165) is 17.9 Å². The third-order valence-corrected chi connectivity index (χ3v) is 3.15. The first kappa shape index (κ1) is 14.1. The predicted molar refractivity (Wildman–Crippen MR) is 73.2 cm³/mol. The fourth-order valence-corrected chi connectivity index (χ4v) is 2.03. The molecule has 0 aliphatic heterocycles. The van der Waals surface area contributed by atoms with Crippen LogP contribution in [0.4, 0.5) is 0 Å². The minimum atomic E-state index is 0.0406. The third-order valence-electron chi connectivity index (χ3n) is 2.26. The Morgan fingerprint density at radius 2 is 1.94 bits per heavy atom. The Kier molecular flexibility index (Phi) is 6.74. The van der Waals surface area contributed by atoms with Crippen molar-refractivity contribution in [2.45, 2.75) is 25.3 Å². The lowest BCUT2D eigenvalue weighted by Gasteiger charge is -2.06. The van der Waals surface area contributed by atoms with E-state index in [1.807, 2.05) is 18.7 Å². The highest BCUT2D eigenvalue weighted by atomic mass is 32.2. The van der Waals surface area contributed by atoms with Gasteiger partial charge >= 0.3 is 0 Å². The number of amides is 1. The van der Waals surface area contributed by atoms with Gasteiger partial charge in [-0.1, -0.05) is 26.0 Å². The lowest BCUT2D eigenvalue weighted by atomic mass is 10.2. The Bertz CT molecular complexity index is 338. The lowest BCUT2D eigenvalue weighted by molar-refractivity contribution is -0.120. The van der Waals surface area contributed by atoms with Crippen LogP contribution < -0.4 is 10.6 Å². The van der Waals surface area contributed by atoms with Crippen molar-refractivity contribution in [1.82, 2.24) is 10.6 Å². The standard InChI is InChI=1S/C13H20N2OS/c1-3-14-10-13(16)15-9-11-5-7-12(8-6-11)17-4-2/h5-8,14H,3-4,9-10H2,1-2H3,(H,15,16). The molecule has 0 atom stereocenters. The van der Waals surface area contributed by atoms with Crippen LogP contribution in [0.1, 0.15) is 19.4 Å². The number of carbonyl (C=O) groups excluding carboxylic acids is 1. The number of rotatable bonds is 7. The first-order valence-electron chi connectivity index (χ1n) is 5.95. The molecule has 0 aliphatic rings. The van der Waals surface area contributed by atoms with E-state index >= 15 is 0 Å². The molecule has 0 saturated carbocycles. The minimum absolute atomic E-state index is 0.0406. The molecule has 0 radical (unpaired) electrons. The van der Waals surface area contributed by atoms with E-state index in [0.29, 0.717) is 13.1 Å². The molecule has 0 fully saturated rings. The molecule has 1 amide bonds. The van der Waals surface area contributed by atoms with E-state index in [2.05, 4.69) is 41.8 Å². The SMILES string of the molecule is CCNCC(=O)NCc1ccc(SCC)cc1. The quantitative estimate of drug-likeness (QED) is 0.730. The molecule has 0 saturated heterocycles. The number of benzene rings is 1. The fourth-order valence-electron chi connectivity index (χ4n) is 1.37. The van der Waals surface area contributed by atoms with Gasteiger partial charge in [0.25, 0.3) is 0 Å². The monoisotopic (exact) mass is 252 g/mol. The summed E-state index contributed by atoms with van der Waals surface area (Å²) in [5, 5.41) is 5.87. The first-order valence-corrected chi connectivity index (χ1v) is 6.94. The zero-order chi connectivity index (χ0) is 12.5. The molecular weight excluding hydrogens is 232 g/mol. The zero-order valence-corrected chi connectivity index (χ0v) is 11.3. The Labute approximate surface area is 107 Å². The van der Waals surface area contributed by atoms with E-state index in [1.165, 1.54) is 4.90 Å². The van der Waals surface area contributed by atoms with Crippen LogP contribution in [0.15, 0.2) is 29.2 Å². The average Bonchev–Trinajstić information content (AvgIpc) is 2.36. The molecule has 0 aromatic heterocycles. The van der Waals surface area contributed by atoms with Crippen LogP contribution in [0.5, 0.6) is 0 Å². The molecule has 2 N–H and O–H groups in total. The van der Waals surface area contributed by atoms with Crippen molar-refractivity contribution in [3.8, 4) is 0 Å². The number of hydrogen-bond acceptors (Lipinski definition) is 3. The van der Waals surface area contributed by atoms with Crippen molar-refractivity contribution < 1.29 is 4.79 Å². The van der Waals surface area contributed by atoms with Crippen LogP contribution in [-0.2, 0) is 11.3 Å². The second kappa shape index (κ2) is 8.14. The molecule has 1 rings (SSSR count). The molecule has 0 spiro atoms. The molecule has 94 valence electrons. The molecule has 0 unspecified atom stereocenters. The van der Waals surface area contributed by atoms with Crippen molar-refractivity contribution in [1.29, 1.82) is 0 Å². The van der Waals surface area contributed by atoms with Crippen molar-refractivity contribution in [3.05, 3.63) is 29.8 Å². The van der Waals surface area contributed by atoms with E-state index in [1.54, 1.807) is 0 Å². The summed E-state index contributed by atoms with van der Waals surface area (Å²) in [5.74, 6) is 1.12. The van der Waals surface area contributed by atoms with Crippen LogP contribution in [0.2, 0.25) is 0 Å². The maximum atomic E-state index is 11.4. The number of likely N-dealkylation sites (N-methyl/N-ethyl adjacent to an activating group) is 1. The van der Waals surface area contributed by atoms with E-state index < -0.39 is 0 Å². The van der Waals surface area contributed by atoms with Gasteiger partial charge < -0.3 is 10.6 Å². The van der Waals surface area contributed by atoms with Gasteiger partial charge in [0.2, 0.25) is 5.91 Å². The van der Waals surface area contributed by atoms with Gasteiger partial charge in [-0.25, -0.2) is 0 Å². The van der Waals surface area contributed by atoms with Gasteiger partial charge in [-0.3, -0.25) is 4.79 Å².